The van der Waals surface area contributed by atoms with E-state index in [0.717, 1.165) is 0 Å². The standard InChI is InChI=1S/C5H8O2.CH4O3S/c1-4-2-5(6)7-3-4;1-5(2,3)4/h4H,2-3H2,1H3;1H3,(H,2,3,4)/t4-;/m0./s1. The van der Waals surface area contributed by atoms with Crippen molar-refractivity contribution in [2.45, 2.75) is 13.3 Å². The maximum atomic E-state index is 10.2. The van der Waals surface area contributed by atoms with Gasteiger partial charge in [0, 0.05) is 5.92 Å². The van der Waals surface area contributed by atoms with E-state index in [2.05, 4.69) is 4.74 Å². The van der Waals surface area contributed by atoms with Gasteiger partial charge in [-0.25, -0.2) is 0 Å². The quantitative estimate of drug-likeness (QED) is 0.438. The van der Waals surface area contributed by atoms with E-state index in [9.17, 15) is 13.2 Å². The van der Waals surface area contributed by atoms with Gasteiger partial charge >= 0.3 is 5.97 Å². The Labute approximate surface area is 71.5 Å². The van der Waals surface area contributed by atoms with Crippen LogP contribution in [0.2, 0.25) is 0 Å². The van der Waals surface area contributed by atoms with Crippen LogP contribution in [0, 0.1) is 5.92 Å². The van der Waals surface area contributed by atoms with Crippen LogP contribution in [-0.2, 0) is 19.6 Å². The summed E-state index contributed by atoms with van der Waals surface area (Å²) in [5.41, 5.74) is 0. The summed E-state index contributed by atoms with van der Waals surface area (Å²) in [5.74, 6) is 0.403. The molecule has 72 valence electrons. The second-order valence-electron chi connectivity index (χ2n) is 2.73. The first-order valence-electron chi connectivity index (χ1n) is 3.37. The third kappa shape index (κ3) is 9.38. The average Bonchev–Trinajstić information content (AvgIpc) is 2.09. The van der Waals surface area contributed by atoms with E-state index >= 15 is 0 Å². The molecule has 1 heterocycles. The fourth-order valence-electron chi connectivity index (χ4n) is 0.638. The first-order valence-corrected chi connectivity index (χ1v) is 5.22. The van der Waals surface area contributed by atoms with Crippen molar-refractivity contribution in [3.05, 3.63) is 0 Å². The molecule has 0 aromatic heterocycles. The Morgan fingerprint density at radius 3 is 2.08 bits per heavy atom. The number of carbonyl (C=O) groups is 1. The van der Waals surface area contributed by atoms with Gasteiger partial charge in [-0.15, -0.1) is 0 Å². The van der Waals surface area contributed by atoms with Gasteiger partial charge in [-0.05, 0) is 0 Å². The van der Waals surface area contributed by atoms with Crippen LogP contribution in [0.15, 0.2) is 0 Å². The molecular formula is C6H12O5S. The van der Waals surface area contributed by atoms with Crippen molar-refractivity contribution < 1.29 is 22.5 Å². The molecule has 1 rings (SSSR count). The number of ether oxygens (including phenoxy) is 1. The zero-order chi connectivity index (χ0) is 9.78. The maximum absolute atomic E-state index is 10.2. The highest BCUT2D eigenvalue weighted by atomic mass is 32.2. The largest absolute Gasteiger partial charge is 0.465 e. The Hall–Kier alpha value is -0.620. The minimum Gasteiger partial charge on any atom is -0.465 e. The Morgan fingerprint density at radius 1 is 1.58 bits per heavy atom. The molecule has 1 N–H and O–H groups in total. The highest BCUT2D eigenvalue weighted by Gasteiger charge is 2.18. The predicted molar refractivity (Wildman–Crippen MR) is 42.2 cm³/mol. The molecule has 1 fully saturated rings. The molecule has 6 heteroatoms. The molecular weight excluding hydrogens is 184 g/mol. The molecule has 0 spiro atoms. The van der Waals surface area contributed by atoms with Crippen LogP contribution in [-0.4, -0.2) is 31.8 Å². The van der Waals surface area contributed by atoms with Crippen LogP contribution in [0.4, 0.5) is 0 Å². The second-order valence-corrected chi connectivity index (χ2v) is 4.19. The minimum absolute atomic E-state index is 0.0486. The molecule has 0 aromatic carbocycles. The van der Waals surface area contributed by atoms with Crippen molar-refractivity contribution in [2.24, 2.45) is 5.92 Å². The van der Waals surface area contributed by atoms with Crippen molar-refractivity contribution in [1.82, 2.24) is 0 Å². The Bertz CT molecular complexity index is 235. The zero-order valence-corrected chi connectivity index (χ0v) is 7.80. The van der Waals surface area contributed by atoms with E-state index in [1.165, 1.54) is 0 Å². The van der Waals surface area contributed by atoms with Crippen molar-refractivity contribution in [3.63, 3.8) is 0 Å². The SMILES string of the molecule is CS(=O)(=O)O.C[C@@H]1COC(=O)C1. The van der Waals surface area contributed by atoms with E-state index in [4.69, 9.17) is 4.55 Å². The molecule has 12 heavy (non-hydrogen) atoms. The molecule has 0 saturated carbocycles. The molecule has 1 saturated heterocycles. The molecule has 0 aromatic rings. The average molecular weight is 196 g/mol. The third-order valence-corrected chi connectivity index (χ3v) is 1.04. The second kappa shape index (κ2) is 4.42. The van der Waals surface area contributed by atoms with Gasteiger partial charge in [0.15, 0.2) is 0 Å². The monoisotopic (exact) mass is 196 g/mol. The summed E-state index contributed by atoms with van der Waals surface area (Å²) < 4.78 is 30.5. The minimum atomic E-state index is -3.67. The Kier molecular flexibility index (Phi) is 4.19. The Morgan fingerprint density at radius 2 is 2.00 bits per heavy atom. The van der Waals surface area contributed by atoms with E-state index < -0.39 is 10.1 Å². The first kappa shape index (κ1) is 11.4. The molecule has 1 aliphatic rings. The molecule has 1 atom stereocenters. The molecule has 0 aliphatic carbocycles. The highest BCUT2D eigenvalue weighted by Crippen LogP contribution is 2.11. The van der Waals surface area contributed by atoms with E-state index in [0.29, 0.717) is 25.2 Å². The number of cyclic esters (lactones) is 1. The van der Waals surface area contributed by atoms with Crippen LogP contribution < -0.4 is 0 Å². The lowest BCUT2D eigenvalue weighted by Gasteiger charge is -1.87. The van der Waals surface area contributed by atoms with Crippen LogP contribution in [0.1, 0.15) is 13.3 Å². The normalized spacial score (nSPS) is 22.6. The van der Waals surface area contributed by atoms with E-state index in [1.807, 2.05) is 6.92 Å². The summed E-state index contributed by atoms with van der Waals surface area (Å²) in [6, 6.07) is 0. The lowest BCUT2D eigenvalue weighted by molar-refractivity contribution is -0.137. The molecule has 5 nitrogen and oxygen atoms in total. The van der Waals surface area contributed by atoms with Gasteiger partial charge in [-0.2, -0.15) is 8.42 Å². The van der Waals surface area contributed by atoms with Crippen LogP contribution in [0.3, 0.4) is 0 Å². The van der Waals surface area contributed by atoms with Crippen molar-refractivity contribution >= 4 is 16.1 Å². The smallest absolute Gasteiger partial charge is 0.306 e. The third-order valence-electron chi connectivity index (χ3n) is 1.04. The summed E-state index contributed by atoms with van der Waals surface area (Å²) in [4.78, 5) is 10.2. The number of hydrogen-bond donors (Lipinski definition) is 1. The van der Waals surface area contributed by atoms with Crippen molar-refractivity contribution in [1.29, 1.82) is 0 Å². The summed E-state index contributed by atoms with van der Waals surface area (Å²) >= 11 is 0. The lowest BCUT2D eigenvalue weighted by Crippen LogP contribution is -1.88. The van der Waals surface area contributed by atoms with Gasteiger partial charge in [-0.3, -0.25) is 9.35 Å². The zero-order valence-electron chi connectivity index (χ0n) is 6.98. The number of hydrogen-bond acceptors (Lipinski definition) is 4. The molecule has 0 amide bonds. The summed E-state index contributed by atoms with van der Waals surface area (Å²) in [6.07, 6.45) is 1.33. The topological polar surface area (TPSA) is 80.7 Å². The van der Waals surface area contributed by atoms with Gasteiger partial charge < -0.3 is 4.74 Å². The number of carbonyl (C=O) groups excluding carboxylic acids is 1. The summed E-state index contributed by atoms with van der Waals surface area (Å²) in [7, 11) is -3.67. The van der Waals surface area contributed by atoms with Gasteiger partial charge in [-0.1, -0.05) is 6.92 Å². The molecule has 1 aliphatic heterocycles. The summed E-state index contributed by atoms with van der Waals surface area (Å²) in [6.45, 7) is 2.63. The van der Waals surface area contributed by atoms with E-state index in [1.54, 1.807) is 0 Å². The Balaban J connectivity index is 0.000000217. The molecule has 0 bridgehead atoms. The fraction of sp³-hybridized carbons (Fsp3) is 0.833. The van der Waals surface area contributed by atoms with Gasteiger partial charge in [0.25, 0.3) is 10.1 Å². The van der Waals surface area contributed by atoms with Crippen molar-refractivity contribution in [3.8, 4) is 0 Å². The van der Waals surface area contributed by atoms with Crippen LogP contribution in [0.5, 0.6) is 0 Å². The summed E-state index contributed by atoms with van der Waals surface area (Å²) in [5, 5.41) is 0. The van der Waals surface area contributed by atoms with Crippen LogP contribution in [0.25, 0.3) is 0 Å². The highest BCUT2D eigenvalue weighted by molar-refractivity contribution is 7.85. The fourth-order valence-corrected chi connectivity index (χ4v) is 0.638. The lowest BCUT2D eigenvalue weighted by atomic mass is 10.2. The van der Waals surface area contributed by atoms with E-state index in [-0.39, 0.29) is 5.97 Å². The van der Waals surface area contributed by atoms with Crippen molar-refractivity contribution in [2.75, 3.05) is 12.9 Å². The van der Waals surface area contributed by atoms with Crippen LogP contribution >= 0.6 is 0 Å². The maximum Gasteiger partial charge on any atom is 0.306 e. The predicted octanol–water partition coefficient (Wildman–Crippen LogP) is 0.0734. The van der Waals surface area contributed by atoms with Gasteiger partial charge in [0.2, 0.25) is 0 Å². The van der Waals surface area contributed by atoms with Gasteiger partial charge in [0.1, 0.15) is 0 Å². The number of esters is 1. The van der Waals surface area contributed by atoms with Gasteiger partial charge in [0.05, 0.1) is 19.3 Å². The molecule has 0 unspecified atom stereocenters. The number of rotatable bonds is 0. The molecule has 0 radical (unpaired) electrons. The first-order chi connectivity index (χ1) is 5.29.